The van der Waals surface area contributed by atoms with E-state index in [4.69, 9.17) is 4.74 Å². The quantitative estimate of drug-likeness (QED) is 0.769. The van der Waals surface area contributed by atoms with Crippen LogP contribution in [-0.4, -0.2) is 13.0 Å². The summed E-state index contributed by atoms with van der Waals surface area (Å²) in [7, 11) is 1.42. The van der Waals surface area contributed by atoms with Gasteiger partial charge in [0.2, 0.25) is 0 Å². The van der Waals surface area contributed by atoms with Gasteiger partial charge in [0, 0.05) is 5.56 Å². The molecular formula is C20H18FNO2. The van der Waals surface area contributed by atoms with Crippen LogP contribution in [0.4, 0.5) is 4.39 Å². The number of halogens is 1. The fourth-order valence-electron chi connectivity index (χ4n) is 2.65. The van der Waals surface area contributed by atoms with E-state index >= 15 is 0 Å². The van der Waals surface area contributed by atoms with E-state index in [1.165, 1.54) is 13.2 Å². The van der Waals surface area contributed by atoms with Crippen molar-refractivity contribution in [2.24, 2.45) is 0 Å². The van der Waals surface area contributed by atoms with Crippen molar-refractivity contribution in [1.29, 1.82) is 0 Å². The SMILES string of the molecule is COc1ccc([C@@H](C)NC(=O)c2ccc3ccccc3c2)cc1F. The van der Waals surface area contributed by atoms with Gasteiger partial charge >= 0.3 is 0 Å². The Labute approximate surface area is 140 Å². The molecule has 0 fully saturated rings. The Morgan fingerprint density at radius 1 is 1.04 bits per heavy atom. The molecule has 0 aliphatic carbocycles. The van der Waals surface area contributed by atoms with Crippen LogP contribution in [0, 0.1) is 5.82 Å². The molecule has 0 bridgehead atoms. The highest BCUT2D eigenvalue weighted by Gasteiger charge is 2.14. The molecule has 3 nitrogen and oxygen atoms in total. The predicted octanol–water partition coefficient (Wildman–Crippen LogP) is 4.48. The lowest BCUT2D eigenvalue weighted by Crippen LogP contribution is -2.26. The third-order valence-corrected chi connectivity index (χ3v) is 4.04. The maximum absolute atomic E-state index is 13.8. The summed E-state index contributed by atoms with van der Waals surface area (Å²) in [5.74, 6) is -0.446. The molecule has 0 aliphatic rings. The van der Waals surface area contributed by atoms with Gasteiger partial charge in [0.25, 0.3) is 5.91 Å². The van der Waals surface area contributed by atoms with Gasteiger partial charge in [-0.3, -0.25) is 4.79 Å². The van der Waals surface area contributed by atoms with Crippen molar-refractivity contribution < 1.29 is 13.9 Å². The zero-order valence-corrected chi connectivity index (χ0v) is 13.5. The molecule has 0 saturated heterocycles. The number of benzene rings is 3. The first kappa shape index (κ1) is 16.0. The average molecular weight is 323 g/mol. The molecular weight excluding hydrogens is 305 g/mol. The van der Waals surface area contributed by atoms with E-state index in [0.29, 0.717) is 11.1 Å². The molecule has 1 atom stereocenters. The van der Waals surface area contributed by atoms with Gasteiger partial charge in [-0.05, 0) is 47.5 Å². The Hall–Kier alpha value is -2.88. The number of rotatable bonds is 4. The lowest BCUT2D eigenvalue weighted by molar-refractivity contribution is 0.0940. The van der Waals surface area contributed by atoms with Crippen molar-refractivity contribution in [3.8, 4) is 5.75 Å². The fraction of sp³-hybridized carbons (Fsp3) is 0.150. The van der Waals surface area contributed by atoms with Crippen LogP contribution in [0.3, 0.4) is 0 Å². The van der Waals surface area contributed by atoms with Crippen LogP contribution in [0.2, 0.25) is 0 Å². The Balaban J connectivity index is 1.78. The highest BCUT2D eigenvalue weighted by molar-refractivity contribution is 5.98. The second-order valence-electron chi connectivity index (χ2n) is 5.65. The zero-order valence-electron chi connectivity index (χ0n) is 13.5. The zero-order chi connectivity index (χ0) is 17.1. The summed E-state index contributed by atoms with van der Waals surface area (Å²) in [5.41, 5.74) is 1.26. The van der Waals surface area contributed by atoms with Crippen LogP contribution >= 0.6 is 0 Å². The van der Waals surface area contributed by atoms with Gasteiger partial charge in [-0.15, -0.1) is 0 Å². The first-order valence-corrected chi connectivity index (χ1v) is 7.71. The van der Waals surface area contributed by atoms with Gasteiger partial charge in [-0.2, -0.15) is 0 Å². The summed E-state index contributed by atoms with van der Waals surface area (Å²) in [4.78, 5) is 12.5. The normalized spacial score (nSPS) is 12.0. The van der Waals surface area contributed by atoms with Gasteiger partial charge in [0.1, 0.15) is 0 Å². The van der Waals surface area contributed by atoms with Crippen molar-refractivity contribution in [3.63, 3.8) is 0 Å². The van der Waals surface area contributed by atoms with Crippen molar-refractivity contribution >= 4 is 16.7 Å². The Kier molecular flexibility index (Phi) is 4.47. The molecule has 0 aliphatic heterocycles. The minimum atomic E-state index is -0.443. The number of amides is 1. The minimum absolute atomic E-state index is 0.187. The summed E-state index contributed by atoms with van der Waals surface area (Å²) in [6.07, 6.45) is 0. The van der Waals surface area contributed by atoms with E-state index in [2.05, 4.69) is 5.32 Å². The molecule has 0 spiro atoms. The van der Waals surface area contributed by atoms with Crippen molar-refractivity contribution in [2.45, 2.75) is 13.0 Å². The maximum Gasteiger partial charge on any atom is 0.251 e. The lowest BCUT2D eigenvalue weighted by Gasteiger charge is -2.15. The first-order chi connectivity index (χ1) is 11.6. The summed E-state index contributed by atoms with van der Waals surface area (Å²) >= 11 is 0. The smallest absolute Gasteiger partial charge is 0.251 e. The van der Waals surface area contributed by atoms with E-state index in [-0.39, 0.29) is 17.7 Å². The lowest BCUT2D eigenvalue weighted by atomic mass is 10.0. The molecule has 122 valence electrons. The minimum Gasteiger partial charge on any atom is -0.494 e. The molecule has 0 aromatic heterocycles. The summed E-state index contributed by atoms with van der Waals surface area (Å²) in [6, 6.07) is 17.8. The first-order valence-electron chi connectivity index (χ1n) is 7.71. The third kappa shape index (κ3) is 3.23. The molecule has 0 radical (unpaired) electrons. The number of methoxy groups -OCH3 is 1. The van der Waals surface area contributed by atoms with E-state index in [9.17, 15) is 9.18 Å². The molecule has 3 rings (SSSR count). The highest BCUT2D eigenvalue weighted by Crippen LogP contribution is 2.22. The maximum atomic E-state index is 13.8. The molecule has 1 amide bonds. The van der Waals surface area contributed by atoms with Crippen LogP contribution in [0.1, 0.15) is 28.9 Å². The number of nitrogens with one attached hydrogen (secondary N) is 1. The number of carbonyl (C=O) groups excluding carboxylic acids is 1. The van der Waals surface area contributed by atoms with E-state index in [0.717, 1.165) is 10.8 Å². The van der Waals surface area contributed by atoms with Gasteiger partial charge in [0.15, 0.2) is 11.6 Å². The largest absolute Gasteiger partial charge is 0.494 e. The summed E-state index contributed by atoms with van der Waals surface area (Å²) in [5, 5.41) is 4.99. The van der Waals surface area contributed by atoms with E-state index in [1.807, 2.05) is 43.3 Å². The summed E-state index contributed by atoms with van der Waals surface area (Å²) < 4.78 is 18.7. The second-order valence-corrected chi connectivity index (χ2v) is 5.65. The highest BCUT2D eigenvalue weighted by atomic mass is 19.1. The molecule has 0 unspecified atom stereocenters. The number of carbonyl (C=O) groups is 1. The molecule has 3 aromatic rings. The Morgan fingerprint density at radius 3 is 2.50 bits per heavy atom. The third-order valence-electron chi connectivity index (χ3n) is 4.04. The van der Waals surface area contributed by atoms with Crippen LogP contribution < -0.4 is 10.1 Å². The summed E-state index contributed by atoms with van der Waals surface area (Å²) in [6.45, 7) is 1.82. The van der Waals surface area contributed by atoms with Crippen molar-refractivity contribution in [1.82, 2.24) is 5.32 Å². The van der Waals surface area contributed by atoms with Gasteiger partial charge in [0.05, 0.1) is 13.2 Å². The monoisotopic (exact) mass is 323 g/mol. The topological polar surface area (TPSA) is 38.3 Å². The van der Waals surface area contributed by atoms with Gasteiger partial charge in [-0.1, -0.05) is 36.4 Å². The van der Waals surface area contributed by atoms with Crippen molar-refractivity contribution in [3.05, 3.63) is 77.6 Å². The fourth-order valence-corrected chi connectivity index (χ4v) is 2.65. The number of hydrogen-bond acceptors (Lipinski definition) is 2. The second kappa shape index (κ2) is 6.71. The van der Waals surface area contributed by atoms with Crippen LogP contribution in [0.25, 0.3) is 10.8 Å². The molecule has 0 heterocycles. The van der Waals surface area contributed by atoms with Crippen LogP contribution in [-0.2, 0) is 0 Å². The predicted molar refractivity (Wildman–Crippen MR) is 92.8 cm³/mol. The molecule has 24 heavy (non-hydrogen) atoms. The molecule has 0 saturated carbocycles. The van der Waals surface area contributed by atoms with Crippen molar-refractivity contribution in [2.75, 3.05) is 7.11 Å². The number of hydrogen-bond donors (Lipinski definition) is 1. The van der Waals surface area contributed by atoms with Gasteiger partial charge in [-0.25, -0.2) is 4.39 Å². The van der Waals surface area contributed by atoms with Gasteiger partial charge < -0.3 is 10.1 Å². The van der Waals surface area contributed by atoms with E-state index < -0.39 is 5.82 Å². The molecule has 3 aromatic carbocycles. The van der Waals surface area contributed by atoms with Crippen LogP contribution in [0.5, 0.6) is 5.75 Å². The molecule has 1 N–H and O–H groups in total. The Morgan fingerprint density at radius 2 is 1.79 bits per heavy atom. The molecule has 4 heteroatoms. The number of fused-ring (bicyclic) bond motifs is 1. The Bertz CT molecular complexity index is 892. The number of ether oxygens (including phenoxy) is 1. The van der Waals surface area contributed by atoms with Crippen LogP contribution in [0.15, 0.2) is 60.7 Å². The average Bonchev–Trinajstić information content (AvgIpc) is 2.61. The standard InChI is InChI=1S/C20H18FNO2/c1-13(15-9-10-19(24-2)18(21)12-15)22-20(23)17-8-7-14-5-3-4-6-16(14)11-17/h3-13H,1-2H3,(H,22,23)/t13-/m1/s1. The van der Waals surface area contributed by atoms with E-state index in [1.54, 1.807) is 18.2 Å².